The number of aromatic nitrogens is 2. The number of nitrogens with zero attached hydrogens (tertiary/aromatic N) is 4. The Balaban J connectivity index is 1.61. The smallest absolute Gasteiger partial charge is 0.410 e. The molecule has 1 saturated heterocycles. The number of hydrogen-bond acceptors (Lipinski definition) is 6. The van der Waals surface area contributed by atoms with E-state index in [9.17, 15) is 10.1 Å². The van der Waals surface area contributed by atoms with Crippen molar-refractivity contribution in [2.24, 2.45) is 5.92 Å². The minimum absolute atomic E-state index is 0.0142. The van der Waals surface area contributed by atoms with E-state index in [-0.39, 0.29) is 24.0 Å². The molecule has 0 aromatic carbocycles. The molecule has 2 bridgehead atoms. The number of piperidine rings is 1. The highest BCUT2D eigenvalue weighted by molar-refractivity contribution is 5.69. The SMILES string of the molecule is COC(=O)N1CC2C=CC1C(c1noc(C3(C#N)CCCCC3)n1)C2. The van der Waals surface area contributed by atoms with Crippen LogP contribution >= 0.6 is 0 Å². The van der Waals surface area contributed by atoms with Gasteiger partial charge in [0.1, 0.15) is 5.41 Å². The summed E-state index contributed by atoms with van der Waals surface area (Å²) >= 11 is 0. The first-order chi connectivity index (χ1) is 12.2. The molecule has 3 unspecified atom stereocenters. The van der Waals surface area contributed by atoms with Gasteiger partial charge in [0.2, 0.25) is 5.89 Å². The summed E-state index contributed by atoms with van der Waals surface area (Å²) in [4.78, 5) is 18.4. The molecule has 1 aromatic heterocycles. The van der Waals surface area contributed by atoms with E-state index in [0.717, 1.165) is 38.5 Å². The van der Waals surface area contributed by atoms with Crippen molar-refractivity contribution in [1.29, 1.82) is 5.26 Å². The van der Waals surface area contributed by atoms with Gasteiger partial charge in [0.15, 0.2) is 5.82 Å². The Hall–Kier alpha value is -2.36. The first-order valence-corrected chi connectivity index (χ1v) is 8.95. The highest BCUT2D eigenvalue weighted by Crippen LogP contribution is 2.42. The van der Waals surface area contributed by atoms with Crippen molar-refractivity contribution in [3.05, 3.63) is 23.9 Å². The molecule has 3 atom stereocenters. The van der Waals surface area contributed by atoms with Crippen LogP contribution in [0.25, 0.3) is 0 Å². The van der Waals surface area contributed by atoms with Gasteiger partial charge in [-0.05, 0) is 25.2 Å². The molecule has 0 radical (unpaired) electrons. The van der Waals surface area contributed by atoms with Crippen molar-refractivity contribution in [1.82, 2.24) is 15.0 Å². The molecule has 7 nitrogen and oxygen atoms in total. The highest BCUT2D eigenvalue weighted by Gasteiger charge is 2.45. The number of hydrogen-bond donors (Lipinski definition) is 0. The van der Waals surface area contributed by atoms with Crippen LogP contribution in [-0.2, 0) is 10.2 Å². The minimum Gasteiger partial charge on any atom is -0.453 e. The molecular formula is C18H22N4O3. The van der Waals surface area contributed by atoms with Crippen molar-refractivity contribution in [2.45, 2.75) is 55.9 Å². The van der Waals surface area contributed by atoms with Gasteiger partial charge in [-0.1, -0.05) is 36.6 Å². The van der Waals surface area contributed by atoms with E-state index in [1.807, 2.05) is 6.08 Å². The lowest BCUT2D eigenvalue weighted by Crippen LogP contribution is -2.52. The van der Waals surface area contributed by atoms with Gasteiger partial charge in [-0.15, -0.1) is 0 Å². The van der Waals surface area contributed by atoms with Gasteiger partial charge in [-0.3, -0.25) is 0 Å². The Morgan fingerprint density at radius 3 is 2.88 bits per heavy atom. The molecule has 1 aromatic rings. The van der Waals surface area contributed by atoms with Crippen LogP contribution in [0.3, 0.4) is 0 Å². The van der Waals surface area contributed by atoms with Gasteiger partial charge in [0.05, 0.1) is 19.2 Å². The molecule has 2 fully saturated rings. The Kier molecular flexibility index (Phi) is 3.98. The Morgan fingerprint density at radius 1 is 1.40 bits per heavy atom. The maximum absolute atomic E-state index is 12.0. The first-order valence-electron chi connectivity index (χ1n) is 8.95. The molecular weight excluding hydrogens is 320 g/mol. The normalized spacial score (nSPS) is 30.1. The van der Waals surface area contributed by atoms with Gasteiger partial charge in [-0.25, -0.2) is 4.79 Å². The summed E-state index contributed by atoms with van der Waals surface area (Å²) in [5.74, 6) is 1.30. The number of amides is 1. The number of rotatable bonds is 2. The van der Waals surface area contributed by atoms with Crippen molar-refractivity contribution in [3.8, 4) is 6.07 Å². The second kappa shape index (κ2) is 6.17. The van der Waals surface area contributed by atoms with Crippen LogP contribution in [0.4, 0.5) is 4.79 Å². The highest BCUT2D eigenvalue weighted by atomic mass is 16.5. The van der Waals surface area contributed by atoms with Crippen molar-refractivity contribution >= 4 is 6.09 Å². The third kappa shape index (κ3) is 2.60. The van der Waals surface area contributed by atoms with Crippen LogP contribution in [0.1, 0.15) is 56.2 Å². The Bertz CT molecular complexity index is 729. The van der Waals surface area contributed by atoms with Gasteiger partial charge in [0.25, 0.3) is 0 Å². The number of nitriles is 1. The third-order valence-electron chi connectivity index (χ3n) is 5.85. The monoisotopic (exact) mass is 342 g/mol. The van der Waals surface area contributed by atoms with Crippen LogP contribution in [0.15, 0.2) is 16.7 Å². The number of ether oxygens (including phenoxy) is 1. The van der Waals surface area contributed by atoms with E-state index in [2.05, 4.69) is 22.3 Å². The molecule has 2 aliphatic heterocycles. The Labute approximate surface area is 146 Å². The van der Waals surface area contributed by atoms with Gasteiger partial charge in [-0.2, -0.15) is 10.2 Å². The fraction of sp³-hybridized carbons (Fsp3) is 0.667. The molecule has 1 amide bonds. The summed E-state index contributed by atoms with van der Waals surface area (Å²) in [7, 11) is 1.40. The van der Waals surface area contributed by atoms with Crippen molar-refractivity contribution < 1.29 is 14.1 Å². The van der Waals surface area contributed by atoms with Crippen LogP contribution in [0, 0.1) is 17.2 Å². The van der Waals surface area contributed by atoms with Crippen LogP contribution in [-0.4, -0.2) is 40.8 Å². The number of carbonyl (C=O) groups is 1. The average molecular weight is 342 g/mol. The lowest BCUT2D eigenvalue weighted by Gasteiger charge is -2.44. The molecule has 5 rings (SSSR count). The molecule has 0 N–H and O–H groups in total. The summed E-state index contributed by atoms with van der Waals surface area (Å²) in [6.45, 7) is 0.664. The molecule has 0 spiro atoms. The standard InChI is InChI=1S/C18H22N4O3/c1-24-17(23)22-10-12-5-6-14(22)13(9-12)15-20-16(25-21-15)18(11-19)7-3-2-4-8-18/h5-6,12-14H,2-4,7-10H2,1H3. The predicted molar refractivity (Wildman–Crippen MR) is 87.6 cm³/mol. The Morgan fingerprint density at radius 2 is 2.20 bits per heavy atom. The zero-order valence-electron chi connectivity index (χ0n) is 14.4. The summed E-state index contributed by atoms with van der Waals surface area (Å²) in [5, 5.41) is 13.9. The van der Waals surface area contributed by atoms with Gasteiger partial charge < -0.3 is 14.2 Å². The second-order valence-electron chi connectivity index (χ2n) is 7.31. The maximum Gasteiger partial charge on any atom is 0.410 e. The molecule has 4 aliphatic rings. The lowest BCUT2D eigenvalue weighted by molar-refractivity contribution is 0.0755. The molecule has 1 saturated carbocycles. The predicted octanol–water partition coefficient (Wildman–Crippen LogP) is 2.91. The maximum atomic E-state index is 12.0. The molecule has 7 heteroatoms. The second-order valence-corrected chi connectivity index (χ2v) is 7.31. The van der Waals surface area contributed by atoms with Crippen molar-refractivity contribution in [2.75, 3.05) is 13.7 Å². The van der Waals surface area contributed by atoms with E-state index in [4.69, 9.17) is 9.26 Å². The molecule has 132 valence electrons. The largest absolute Gasteiger partial charge is 0.453 e. The summed E-state index contributed by atoms with van der Waals surface area (Å²) in [5.41, 5.74) is -0.644. The fourth-order valence-corrected chi connectivity index (χ4v) is 4.46. The van der Waals surface area contributed by atoms with Crippen LogP contribution < -0.4 is 0 Å². The van der Waals surface area contributed by atoms with Crippen molar-refractivity contribution in [3.63, 3.8) is 0 Å². The summed E-state index contributed by atoms with van der Waals surface area (Å²) in [6, 6.07) is 2.31. The van der Waals surface area contributed by atoms with E-state index < -0.39 is 5.41 Å². The first kappa shape index (κ1) is 16.1. The van der Waals surface area contributed by atoms with E-state index >= 15 is 0 Å². The summed E-state index contributed by atoms with van der Waals surface area (Å²) < 4.78 is 10.4. The average Bonchev–Trinajstić information content (AvgIpc) is 3.19. The molecule has 2 aliphatic carbocycles. The number of carbonyl (C=O) groups excluding carboxylic acids is 1. The fourth-order valence-electron chi connectivity index (χ4n) is 4.46. The van der Waals surface area contributed by atoms with E-state index in [0.29, 0.717) is 18.3 Å². The topological polar surface area (TPSA) is 92.2 Å². The number of fused-ring (bicyclic) bond motifs is 2. The minimum atomic E-state index is -0.644. The third-order valence-corrected chi connectivity index (χ3v) is 5.85. The zero-order valence-corrected chi connectivity index (χ0v) is 14.4. The number of methoxy groups -OCH3 is 1. The van der Waals surface area contributed by atoms with Crippen LogP contribution in [0.2, 0.25) is 0 Å². The lowest BCUT2D eigenvalue weighted by atomic mass is 9.75. The van der Waals surface area contributed by atoms with E-state index in [1.165, 1.54) is 7.11 Å². The quantitative estimate of drug-likeness (QED) is 0.767. The molecule has 25 heavy (non-hydrogen) atoms. The van der Waals surface area contributed by atoms with Crippen LogP contribution in [0.5, 0.6) is 0 Å². The summed E-state index contributed by atoms with van der Waals surface area (Å²) in [6.07, 6.45) is 9.47. The van der Waals surface area contributed by atoms with Gasteiger partial charge >= 0.3 is 6.09 Å². The van der Waals surface area contributed by atoms with Gasteiger partial charge in [0, 0.05) is 12.5 Å². The molecule has 3 heterocycles. The zero-order chi connectivity index (χ0) is 17.4. The van der Waals surface area contributed by atoms with E-state index in [1.54, 1.807) is 4.90 Å².